The lowest BCUT2D eigenvalue weighted by Gasteiger charge is -1.97. The Hall–Kier alpha value is -0.790. The molecule has 0 spiro atoms. The van der Waals surface area contributed by atoms with E-state index in [1.165, 1.54) is 14.2 Å². The Balaban J connectivity index is 0. The fourth-order valence-corrected chi connectivity index (χ4v) is 1.27. The van der Waals surface area contributed by atoms with Crippen LogP contribution in [0.15, 0.2) is 0 Å². The van der Waals surface area contributed by atoms with Gasteiger partial charge in [-0.05, 0) is 6.42 Å². The number of aliphatic hydroxyl groups excluding tert-OH is 2. The van der Waals surface area contributed by atoms with Gasteiger partial charge in [-0.25, -0.2) is 0 Å². The average molecular weight is 282 g/mol. The molecule has 2 N–H and O–H groups in total. The summed E-state index contributed by atoms with van der Waals surface area (Å²) >= 11 is 1.55. The molecule has 0 saturated heterocycles. The molecule has 0 bridgehead atoms. The number of aliphatic hydroxyl groups is 2. The van der Waals surface area contributed by atoms with Crippen molar-refractivity contribution in [2.75, 3.05) is 38.9 Å². The highest BCUT2D eigenvalue weighted by Gasteiger charge is 2.03. The van der Waals surface area contributed by atoms with Gasteiger partial charge in [0, 0.05) is 24.3 Å². The molecule has 0 atom stereocenters. The molecule has 0 aliphatic rings. The lowest BCUT2D eigenvalue weighted by atomic mass is 10.2. The van der Waals surface area contributed by atoms with Crippen molar-refractivity contribution < 1.29 is 29.3 Å². The third kappa shape index (κ3) is 17.6. The summed E-state index contributed by atoms with van der Waals surface area (Å²) in [6, 6.07) is 0. The maximum Gasteiger partial charge on any atom is 0.305 e. The highest BCUT2D eigenvalue weighted by atomic mass is 32.2. The standard InChI is InChI=1S/C7H12O4.C4H10O2S/c1-10-6(8)4-3-5-7(9)11-2;5-1-3-7-4-2-6/h3-5H2,1-2H3;5-6H,1-4H2. The van der Waals surface area contributed by atoms with Crippen LogP contribution in [0.2, 0.25) is 0 Å². The summed E-state index contributed by atoms with van der Waals surface area (Å²) in [6.07, 6.45) is 1.02. The van der Waals surface area contributed by atoms with Gasteiger partial charge in [0.2, 0.25) is 0 Å². The van der Waals surface area contributed by atoms with Crippen molar-refractivity contribution in [1.29, 1.82) is 0 Å². The quantitative estimate of drug-likeness (QED) is 0.485. The van der Waals surface area contributed by atoms with Gasteiger partial charge in [-0.2, -0.15) is 11.8 Å². The van der Waals surface area contributed by atoms with E-state index in [-0.39, 0.29) is 38.0 Å². The van der Waals surface area contributed by atoms with E-state index in [0.717, 1.165) is 11.5 Å². The number of methoxy groups -OCH3 is 2. The molecule has 0 aromatic carbocycles. The van der Waals surface area contributed by atoms with E-state index in [9.17, 15) is 9.59 Å². The topological polar surface area (TPSA) is 93.1 Å². The van der Waals surface area contributed by atoms with Crippen molar-refractivity contribution in [2.45, 2.75) is 19.3 Å². The van der Waals surface area contributed by atoms with E-state index in [0.29, 0.717) is 6.42 Å². The number of hydrogen-bond acceptors (Lipinski definition) is 7. The highest BCUT2D eigenvalue weighted by Crippen LogP contribution is 1.97. The van der Waals surface area contributed by atoms with Crippen molar-refractivity contribution in [3.63, 3.8) is 0 Å². The van der Waals surface area contributed by atoms with Crippen molar-refractivity contribution in [3.05, 3.63) is 0 Å². The molecule has 6 nitrogen and oxygen atoms in total. The van der Waals surface area contributed by atoms with Crippen molar-refractivity contribution in [2.24, 2.45) is 0 Å². The second-order valence-electron chi connectivity index (χ2n) is 3.07. The smallest absolute Gasteiger partial charge is 0.305 e. The predicted octanol–water partition coefficient (Wildman–Crippen LogP) is 0.207. The molecule has 0 radical (unpaired) electrons. The first-order chi connectivity index (χ1) is 8.62. The van der Waals surface area contributed by atoms with Gasteiger partial charge in [0.1, 0.15) is 0 Å². The number of carbonyl (C=O) groups excluding carboxylic acids is 2. The lowest BCUT2D eigenvalue weighted by Crippen LogP contribution is -2.04. The fourth-order valence-electron chi connectivity index (χ4n) is 0.812. The molecule has 0 heterocycles. The van der Waals surface area contributed by atoms with Gasteiger partial charge in [-0.15, -0.1) is 0 Å². The molecule has 108 valence electrons. The molecule has 0 unspecified atom stereocenters. The molecular formula is C11H22O6S. The Morgan fingerprint density at radius 2 is 1.33 bits per heavy atom. The Morgan fingerprint density at radius 3 is 1.61 bits per heavy atom. The molecule has 0 aromatic rings. The maximum absolute atomic E-state index is 10.5. The predicted molar refractivity (Wildman–Crippen MR) is 69.4 cm³/mol. The first kappa shape index (κ1) is 19.5. The summed E-state index contributed by atoms with van der Waals surface area (Å²) in [5, 5.41) is 16.4. The first-order valence-electron chi connectivity index (χ1n) is 5.55. The second kappa shape index (κ2) is 16.2. The van der Waals surface area contributed by atoms with Gasteiger partial charge in [-0.3, -0.25) is 9.59 Å². The van der Waals surface area contributed by atoms with Gasteiger partial charge in [0.25, 0.3) is 0 Å². The van der Waals surface area contributed by atoms with E-state index in [2.05, 4.69) is 9.47 Å². The summed E-state index contributed by atoms with van der Waals surface area (Å²) in [6.45, 7) is 0.426. The van der Waals surface area contributed by atoms with Crippen molar-refractivity contribution in [1.82, 2.24) is 0 Å². The minimum absolute atomic E-state index is 0.213. The van der Waals surface area contributed by atoms with Crippen LogP contribution in [-0.4, -0.2) is 61.1 Å². The monoisotopic (exact) mass is 282 g/mol. The molecule has 0 amide bonds. The van der Waals surface area contributed by atoms with Crippen molar-refractivity contribution in [3.8, 4) is 0 Å². The Morgan fingerprint density at radius 1 is 0.944 bits per heavy atom. The van der Waals surface area contributed by atoms with Crippen LogP contribution in [-0.2, 0) is 19.1 Å². The van der Waals surface area contributed by atoms with Crippen molar-refractivity contribution >= 4 is 23.7 Å². The third-order valence-electron chi connectivity index (χ3n) is 1.69. The molecule has 0 aromatic heterocycles. The normalized spacial score (nSPS) is 9.11. The molecule has 0 aliphatic heterocycles. The van der Waals surface area contributed by atoms with E-state index >= 15 is 0 Å². The Kier molecular flexibility index (Phi) is 17.6. The van der Waals surface area contributed by atoms with Crippen LogP contribution in [0.3, 0.4) is 0 Å². The third-order valence-corrected chi connectivity index (χ3v) is 2.63. The van der Waals surface area contributed by atoms with Crippen LogP contribution in [0.5, 0.6) is 0 Å². The number of carbonyl (C=O) groups is 2. The van der Waals surface area contributed by atoms with E-state index in [1.807, 2.05) is 0 Å². The van der Waals surface area contributed by atoms with Gasteiger partial charge >= 0.3 is 11.9 Å². The Labute approximate surface area is 112 Å². The zero-order chi connectivity index (χ0) is 14.2. The molecule has 0 saturated carbocycles. The van der Waals surface area contributed by atoms with Crippen LogP contribution in [0.1, 0.15) is 19.3 Å². The highest BCUT2D eigenvalue weighted by molar-refractivity contribution is 7.99. The summed E-state index contributed by atoms with van der Waals surface area (Å²) in [4.78, 5) is 21.0. The zero-order valence-corrected chi connectivity index (χ0v) is 11.7. The number of rotatable bonds is 8. The average Bonchev–Trinajstić information content (AvgIpc) is 2.39. The van der Waals surface area contributed by atoms with E-state index < -0.39 is 0 Å². The minimum Gasteiger partial charge on any atom is -0.469 e. The minimum atomic E-state index is -0.297. The molecule has 18 heavy (non-hydrogen) atoms. The number of hydrogen-bond donors (Lipinski definition) is 2. The van der Waals surface area contributed by atoms with Gasteiger partial charge in [0.05, 0.1) is 27.4 Å². The van der Waals surface area contributed by atoms with Crippen LogP contribution in [0.4, 0.5) is 0 Å². The summed E-state index contributed by atoms with van der Waals surface area (Å²) in [7, 11) is 2.64. The van der Waals surface area contributed by atoms with Gasteiger partial charge < -0.3 is 19.7 Å². The summed E-state index contributed by atoms with van der Waals surface area (Å²) in [5.41, 5.74) is 0. The molecule has 7 heteroatoms. The molecule has 0 fully saturated rings. The van der Waals surface area contributed by atoms with E-state index in [1.54, 1.807) is 11.8 Å². The second-order valence-corrected chi connectivity index (χ2v) is 4.29. The SMILES string of the molecule is COC(=O)CCCC(=O)OC.OCCSCCO. The van der Waals surface area contributed by atoms with Crippen LogP contribution in [0.25, 0.3) is 0 Å². The van der Waals surface area contributed by atoms with E-state index in [4.69, 9.17) is 10.2 Å². The maximum atomic E-state index is 10.5. The molecule has 0 aliphatic carbocycles. The van der Waals surface area contributed by atoms with Crippen LogP contribution in [0, 0.1) is 0 Å². The fraction of sp³-hybridized carbons (Fsp3) is 0.818. The molecule has 0 rings (SSSR count). The van der Waals surface area contributed by atoms with Gasteiger partial charge in [0.15, 0.2) is 0 Å². The van der Waals surface area contributed by atoms with Gasteiger partial charge in [-0.1, -0.05) is 0 Å². The summed E-state index contributed by atoms with van der Waals surface area (Å²) < 4.78 is 8.75. The number of esters is 2. The van der Waals surface area contributed by atoms with Crippen LogP contribution >= 0.6 is 11.8 Å². The van der Waals surface area contributed by atoms with Crippen LogP contribution < -0.4 is 0 Å². The number of ether oxygens (including phenoxy) is 2. The zero-order valence-electron chi connectivity index (χ0n) is 10.9. The first-order valence-corrected chi connectivity index (χ1v) is 6.70. The summed E-state index contributed by atoms with van der Waals surface area (Å²) in [5.74, 6) is 0.879. The number of thioether (sulfide) groups is 1. The largest absolute Gasteiger partial charge is 0.469 e. The molecular weight excluding hydrogens is 260 g/mol. The lowest BCUT2D eigenvalue weighted by molar-refractivity contribution is -0.142. The Bertz CT molecular complexity index is 190.